The molecular formula is C16H18N4O3S. The van der Waals surface area contributed by atoms with Gasteiger partial charge in [0.05, 0.1) is 10.6 Å². The molecule has 0 aliphatic heterocycles. The zero-order valence-electron chi connectivity index (χ0n) is 13.9. The molecule has 126 valence electrons. The van der Waals surface area contributed by atoms with Gasteiger partial charge >= 0.3 is 0 Å². The SMILES string of the molecule is Cc1nc(NC(C)c2ccc(S(C)(=O)=O)cc2)c2c(C)noc2n1. The number of hydrogen-bond donors (Lipinski definition) is 1. The Balaban J connectivity index is 1.92. The van der Waals surface area contributed by atoms with Crippen LogP contribution in [0.15, 0.2) is 33.7 Å². The predicted octanol–water partition coefficient (Wildman–Crippen LogP) is 2.81. The number of anilines is 1. The van der Waals surface area contributed by atoms with Crippen molar-refractivity contribution in [1.82, 2.24) is 15.1 Å². The summed E-state index contributed by atoms with van der Waals surface area (Å²) in [6.45, 7) is 5.59. The number of aryl methyl sites for hydroxylation is 2. The third-order valence-electron chi connectivity index (χ3n) is 3.78. The van der Waals surface area contributed by atoms with Gasteiger partial charge in [0, 0.05) is 12.3 Å². The van der Waals surface area contributed by atoms with Crippen LogP contribution in [0.1, 0.15) is 30.0 Å². The van der Waals surface area contributed by atoms with E-state index in [1.165, 1.54) is 6.26 Å². The molecule has 24 heavy (non-hydrogen) atoms. The smallest absolute Gasteiger partial charge is 0.263 e. The Morgan fingerprint density at radius 3 is 2.42 bits per heavy atom. The maximum absolute atomic E-state index is 11.5. The Labute approximate surface area is 140 Å². The molecule has 0 fully saturated rings. The maximum atomic E-state index is 11.5. The molecule has 0 aliphatic carbocycles. The molecule has 8 heteroatoms. The minimum absolute atomic E-state index is 0.0783. The van der Waals surface area contributed by atoms with Crippen LogP contribution in [-0.2, 0) is 9.84 Å². The van der Waals surface area contributed by atoms with E-state index in [1.807, 2.05) is 13.8 Å². The molecule has 3 aromatic rings. The number of rotatable bonds is 4. The first kappa shape index (κ1) is 16.4. The normalized spacial score (nSPS) is 13.2. The van der Waals surface area contributed by atoms with Crippen molar-refractivity contribution < 1.29 is 12.9 Å². The van der Waals surface area contributed by atoms with Crippen molar-refractivity contribution in [3.63, 3.8) is 0 Å². The summed E-state index contributed by atoms with van der Waals surface area (Å²) in [5, 5.41) is 8.01. The van der Waals surface area contributed by atoms with E-state index in [0.717, 1.165) is 10.9 Å². The largest absolute Gasteiger partial charge is 0.363 e. The van der Waals surface area contributed by atoms with Gasteiger partial charge in [-0.2, -0.15) is 4.98 Å². The van der Waals surface area contributed by atoms with Crippen LogP contribution in [0.5, 0.6) is 0 Å². The van der Waals surface area contributed by atoms with Crippen molar-refractivity contribution in [3.8, 4) is 0 Å². The number of nitrogens with zero attached hydrogens (tertiary/aromatic N) is 3. The molecule has 0 saturated heterocycles. The Morgan fingerprint density at radius 2 is 1.79 bits per heavy atom. The number of sulfone groups is 1. The Morgan fingerprint density at radius 1 is 1.12 bits per heavy atom. The van der Waals surface area contributed by atoms with Crippen LogP contribution < -0.4 is 5.32 Å². The topological polar surface area (TPSA) is 98.0 Å². The lowest BCUT2D eigenvalue weighted by Crippen LogP contribution is -2.10. The monoisotopic (exact) mass is 346 g/mol. The van der Waals surface area contributed by atoms with Crippen molar-refractivity contribution in [2.24, 2.45) is 0 Å². The molecule has 1 unspecified atom stereocenters. The second kappa shape index (κ2) is 5.86. The van der Waals surface area contributed by atoms with Crippen molar-refractivity contribution in [3.05, 3.63) is 41.3 Å². The Bertz CT molecular complexity index is 994. The van der Waals surface area contributed by atoms with Gasteiger partial charge in [0.2, 0.25) is 0 Å². The summed E-state index contributed by atoms with van der Waals surface area (Å²) >= 11 is 0. The molecule has 3 rings (SSSR count). The average molecular weight is 346 g/mol. The van der Waals surface area contributed by atoms with Crippen LogP contribution in [-0.4, -0.2) is 29.8 Å². The first-order valence-electron chi connectivity index (χ1n) is 7.43. The summed E-state index contributed by atoms with van der Waals surface area (Å²) in [5.41, 5.74) is 2.11. The van der Waals surface area contributed by atoms with Crippen LogP contribution in [0.2, 0.25) is 0 Å². The van der Waals surface area contributed by atoms with Crippen LogP contribution in [0, 0.1) is 13.8 Å². The Hall–Kier alpha value is -2.48. The van der Waals surface area contributed by atoms with E-state index >= 15 is 0 Å². The molecule has 0 bridgehead atoms. The van der Waals surface area contributed by atoms with Gasteiger partial charge in [-0.1, -0.05) is 17.3 Å². The highest BCUT2D eigenvalue weighted by molar-refractivity contribution is 7.90. The van der Waals surface area contributed by atoms with Crippen molar-refractivity contribution in [2.75, 3.05) is 11.6 Å². The molecule has 0 saturated carbocycles. The molecule has 2 heterocycles. The van der Waals surface area contributed by atoms with E-state index in [0.29, 0.717) is 27.9 Å². The fourth-order valence-corrected chi connectivity index (χ4v) is 3.12. The quantitative estimate of drug-likeness (QED) is 0.775. The van der Waals surface area contributed by atoms with Crippen molar-refractivity contribution in [2.45, 2.75) is 31.7 Å². The number of nitrogens with one attached hydrogen (secondary N) is 1. The van der Waals surface area contributed by atoms with Crippen LogP contribution >= 0.6 is 0 Å². The van der Waals surface area contributed by atoms with Gasteiger partial charge in [-0.25, -0.2) is 13.4 Å². The van der Waals surface area contributed by atoms with Crippen molar-refractivity contribution in [1.29, 1.82) is 0 Å². The summed E-state index contributed by atoms with van der Waals surface area (Å²) in [5.74, 6) is 1.23. The molecule has 0 aliphatic rings. The fourth-order valence-electron chi connectivity index (χ4n) is 2.49. The molecule has 7 nitrogen and oxygen atoms in total. The molecule has 0 radical (unpaired) electrons. The van der Waals surface area contributed by atoms with Crippen LogP contribution in [0.4, 0.5) is 5.82 Å². The van der Waals surface area contributed by atoms with E-state index in [4.69, 9.17) is 4.52 Å². The van der Waals surface area contributed by atoms with Crippen LogP contribution in [0.3, 0.4) is 0 Å². The van der Waals surface area contributed by atoms with Crippen molar-refractivity contribution >= 4 is 26.8 Å². The molecule has 0 amide bonds. The molecule has 1 aromatic carbocycles. The standard InChI is InChI=1S/C16H18N4O3S/c1-9(12-5-7-13(8-6-12)24(4,21)22)17-15-14-10(2)20-23-16(14)19-11(3)18-15/h5-9H,1-4H3,(H,17,18,19). The van der Waals surface area contributed by atoms with Gasteiger partial charge < -0.3 is 9.84 Å². The third kappa shape index (κ3) is 3.09. The van der Waals surface area contributed by atoms with Gasteiger partial charge in [0.15, 0.2) is 9.84 Å². The molecular weight excluding hydrogens is 328 g/mol. The highest BCUT2D eigenvalue weighted by Crippen LogP contribution is 2.27. The second-order valence-electron chi connectivity index (χ2n) is 5.77. The minimum Gasteiger partial charge on any atom is -0.363 e. The number of aromatic nitrogens is 3. The predicted molar refractivity (Wildman–Crippen MR) is 90.7 cm³/mol. The third-order valence-corrected chi connectivity index (χ3v) is 4.91. The van der Waals surface area contributed by atoms with E-state index in [-0.39, 0.29) is 6.04 Å². The highest BCUT2D eigenvalue weighted by atomic mass is 32.2. The van der Waals surface area contributed by atoms with E-state index in [9.17, 15) is 8.42 Å². The summed E-state index contributed by atoms with van der Waals surface area (Å²) < 4.78 is 28.3. The summed E-state index contributed by atoms with van der Waals surface area (Å²) in [4.78, 5) is 8.97. The van der Waals surface area contributed by atoms with Crippen LogP contribution in [0.25, 0.3) is 11.1 Å². The van der Waals surface area contributed by atoms with Gasteiger partial charge in [-0.05, 0) is 38.5 Å². The van der Waals surface area contributed by atoms with Gasteiger partial charge in [0.25, 0.3) is 5.71 Å². The van der Waals surface area contributed by atoms with Gasteiger partial charge in [-0.15, -0.1) is 0 Å². The zero-order valence-corrected chi connectivity index (χ0v) is 14.7. The lowest BCUT2D eigenvalue weighted by atomic mass is 10.1. The zero-order chi connectivity index (χ0) is 17.5. The first-order chi connectivity index (χ1) is 11.3. The molecule has 1 N–H and O–H groups in total. The number of hydrogen-bond acceptors (Lipinski definition) is 7. The summed E-state index contributed by atoms with van der Waals surface area (Å²) in [6.07, 6.45) is 1.19. The van der Waals surface area contributed by atoms with Gasteiger partial charge in [0.1, 0.15) is 17.0 Å². The molecule has 0 spiro atoms. The summed E-state index contributed by atoms with van der Waals surface area (Å²) in [7, 11) is -3.20. The summed E-state index contributed by atoms with van der Waals surface area (Å²) in [6, 6.07) is 6.72. The Kier molecular flexibility index (Phi) is 4.00. The lowest BCUT2D eigenvalue weighted by molar-refractivity contribution is 0.442. The van der Waals surface area contributed by atoms with E-state index in [2.05, 4.69) is 20.4 Å². The fraction of sp³-hybridized carbons (Fsp3) is 0.312. The second-order valence-corrected chi connectivity index (χ2v) is 7.79. The number of benzene rings is 1. The van der Waals surface area contributed by atoms with E-state index < -0.39 is 9.84 Å². The molecule has 2 aromatic heterocycles. The number of fused-ring (bicyclic) bond motifs is 1. The highest BCUT2D eigenvalue weighted by Gasteiger charge is 2.16. The van der Waals surface area contributed by atoms with E-state index in [1.54, 1.807) is 31.2 Å². The first-order valence-corrected chi connectivity index (χ1v) is 9.32. The van der Waals surface area contributed by atoms with Gasteiger partial charge in [-0.3, -0.25) is 0 Å². The minimum atomic E-state index is -3.20. The average Bonchev–Trinajstić information content (AvgIpc) is 2.87. The molecule has 1 atom stereocenters. The lowest BCUT2D eigenvalue weighted by Gasteiger charge is -2.16. The maximum Gasteiger partial charge on any atom is 0.263 e.